The van der Waals surface area contributed by atoms with E-state index in [-0.39, 0.29) is 38.6 Å². The molecule has 20 rings (SSSR count). The molecule has 4 atom stereocenters. The minimum Gasteiger partial charge on any atom is -0.506 e. The van der Waals surface area contributed by atoms with Crippen molar-refractivity contribution >= 4 is 11.4 Å². The molecule has 16 aliphatic carbocycles. The van der Waals surface area contributed by atoms with Gasteiger partial charge in [0.05, 0.1) is 11.4 Å². The molecule has 4 unspecified atom stereocenters. The second-order valence-corrected chi connectivity index (χ2v) is 31.4. The van der Waals surface area contributed by atoms with Crippen LogP contribution in [-0.2, 0) is 16.2 Å². The summed E-state index contributed by atoms with van der Waals surface area (Å²) >= 11 is 0. The lowest BCUT2D eigenvalue weighted by molar-refractivity contribution is -0.284. The van der Waals surface area contributed by atoms with Crippen LogP contribution in [0.25, 0.3) is 0 Å². The van der Waals surface area contributed by atoms with Crippen molar-refractivity contribution in [2.75, 3.05) is 11.5 Å². The van der Waals surface area contributed by atoms with Crippen molar-refractivity contribution in [3.8, 4) is 34.5 Å². The average molecular weight is 993 g/mol. The topological polar surface area (TPSA) is 111 Å². The number of nitrogen functional groups attached to an aromatic ring is 2. The van der Waals surface area contributed by atoms with Crippen molar-refractivity contribution < 1.29 is 19.7 Å². The predicted octanol–water partition coefficient (Wildman–Crippen LogP) is 16.7. The molecular weight excluding hydrogens is 909 g/mol. The fourth-order valence-corrected chi connectivity index (χ4v) is 26.2. The van der Waals surface area contributed by atoms with Gasteiger partial charge in [-0.2, -0.15) is 0 Å². The largest absolute Gasteiger partial charge is 0.506 e. The number of anilines is 2. The quantitative estimate of drug-likeness (QED) is 0.0982. The number of benzene rings is 4. The first-order valence-electron chi connectivity index (χ1n) is 30.1. The van der Waals surface area contributed by atoms with Crippen molar-refractivity contribution in [3.05, 3.63) is 95.1 Å². The number of hydrogen-bond donors (Lipinski definition) is 4. The van der Waals surface area contributed by atoms with Gasteiger partial charge in [-0.05, 0) is 286 Å². The van der Waals surface area contributed by atoms with Gasteiger partial charge in [0.15, 0.2) is 0 Å². The molecule has 0 radical (unpaired) electrons. The molecule has 16 aliphatic rings. The first kappa shape index (κ1) is 45.8. The van der Waals surface area contributed by atoms with Crippen molar-refractivity contribution in [1.82, 2.24) is 0 Å². The Morgan fingerprint density at radius 1 is 0.405 bits per heavy atom. The van der Waals surface area contributed by atoms with Crippen LogP contribution in [-0.4, -0.2) is 10.2 Å². The van der Waals surface area contributed by atoms with Gasteiger partial charge in [-0.1, -0.05) is 52.0 Å². The minimum atomic E-state index is -0.249. The number of phenols is 2. The molecule has 390 valence electrons. The molecule has 0 aromatic heterocycles. The third kappa shape index (κ3) is 6.18. The third-order valence-electron chi connectivity index (χ3n) is 25.7. The highest BCUT2D eigenvalue weighted by Crippen LogP contribution is 2.86. The summed E-state index contributed by atoms with van der Waals surface area (Å²) in [6, 6.07) is 26.7. The van der Waals surface area contributed by atoms with E-state index in [4.69, 9.17) is 20.9 Å². The number of hydrogen-bond acceptors (Lipinski definition) is 6. The Balaban J connectivity index is 0.792. The highest BCUT2D eigenvalue weighted by Gasteiger charge is 2.78. The molecule has 0 heterocycles. The Morgan fingerprint density at radius 3 is 1.12 bits per heavy atom. The molecule has 4 aromatic carbocycles. The fraction of sp³-hybridized carbons (Fsp3) is 0.647. The van der Waals surface area contributed by atoms with E-state index in [1.165, 1.54) is 170 Å². The molecule has 6 nitrogen and oxygen atoms in total. The Kier molecular flexibility index (Phi) is 9.06. The Labute approximate surface area is 441 Å². The number of rotatable bonds is 9. The second kappa shape index (κ2) is 14.6. The summed E-state index contributed by atoms with van der Waals surface area (Å²) in [5.41, 5.74) is 21.0. The van der Waals surface area contributed by atoms with E-state index >= 15 is 0 Å². The summed E-state index contributed by atoms with van der Waals surface area (Å²) in [6.45, 7) is 10.9. The molecular formula is C68H84N2O4. The third-order valence-corrected chi connectivity index (χ3v) is 25.7. The van der Waals surface area contributed by atoms with Crippen LogP contribution in [0.1, 0.15) is 198 Å². The maximum absolute atomic E-state index is 11.2. The van der Waals surface area contributed by atoms with Gasteiger partial charge in [0, 0.05) is 28.7 Å². The molecule has 6 N–H and O–H groups in total. The van der Waals surface area contributed by atoms with Gasteiger partial charge in [0.2, 0.25) is 0 Å². The maximum atomic E-state index is 11.2. The van der Waals surface area contributed by atoms with Gasteiger partial charge >= 0.3 is 0 Å². The van der Waals surface area contributed by atoms with Crippen molar-refractivity contribution in [1.29, 1.82) is 0 Å². The number of aromatic hydroxyl groups is 2. The molecule has 0 aliphatic heterocycles. The van der Waals surface area contributed by atoms with Crippen LogP contribution in [0.2, 0.25) is 0 Å². The molecule has 6 heteroatoms. The molecule has 16 bridgehead atoms. The summed E-state index contributed by atoms with van der Waals surface area (Å²) < 4.78 is 14.1. The van der Waals surface area contributed by atoms with E-state index in [9.17, 15) is 10.2 Å². The van der Waals surface area contributed by atoms with E-state index in [0.717, 1.165) is 70.3 Å². The van der Waals surface area contributed by atoms with Crippen LogP contribution in [0.4, 0.5) is 11.4 Å². The Bertz CT molecular complexity index is 2750. The Hall–Kier alpha value is -4.32. The number of nitrogens with two attached hydrogens (primary N) is 2. The molecule has 0 spiro atoms. The molecule has 74 heavy (non-hydrogen) atoms. The van der Waals surface area contributed by atoms with Crippen molar-refractivity contribution in [2.24, 2.45) is 79.8 Å². The monoisotopic (exact) mass is 993 g/mol. The summed E-state index contributed by atoms with van der Waals surface area (Å²) in [5.74, 6) is 9.78. The molecule has 4 aromatic rings. The number of ether oxygens (including phenoxy) is 2. The SMILES string of the molecule is CC12CC3CC(C)(C1)CC(C14CC5CC(C)(C1)C(c1ccc(Oc6cc(O)c(N)cc6C67CC8CC(CC(C8)C6)C7)cc1)(c1ccc(Oc6cc(O)c(N)cc6C67CC8CC(CC(C8)C6)C7)cc1)C(C)(C5)C4)(C3)C2. The lowest BCUT2D eigenvalue weighted by atomic mass is 9.23. The fourth-order valence-electron chi connectivity index (χ4n) is 26.2. The smallest absolute Gasteiger partial charge is 0.142 e. The van der Waals surface area contributed by atoms with Gasteiger partial charge < -0.3 is 31.2 Å². The maximum Gasteiger partial charge on any atom is 0.142 e. The minimum absolute atomic E-state index is 0.0277. The Morgan fingerprint density at radius 2 is 0.757 bits per heavy atom. The second-order valence-electron chi connectivity index (χ2n) is 31.4. The predicted molar refractivity (Wildman–Crippen MR) is 294 cm³/mol. The van der Waals surface area contributed by atoms with E-state index < -0.39 is 0 Å². The van der Waals surface area contributed by atoms with E-state index in [2.05, 4.69) is 88.4 Å². The first-order valence-corrected chi connectivity index (χ1v) is 30.1. The lowest BCUT2D eigenvalue weighted by Gasteiger charge is -2.81. The number of phenolic OH excluding ortho intramolecular Hbond substituents is 2. The highest BCUT2D eigenvalue weighted by atomic mass is 16.5. The van der Waals surface area contributed by atoms with Crippen LogP contribution in [0.15, 0.2) is 72.8 Å². The summed E-state index contributed by atoms with van der Waals surface area (Å²) in [4.78, 5) is 0. The normalized spacial score (nSPS) is 47.2. The van der Waals surface area contributed by atoms with Crippen LogP contribution in [0, 0.1) is 79.8 Å². The lowest BCUT2D eigenvalue weighted by Crippen LogP contribution is -2.73. The zero-order chi connectivity index (χ0) is 50.2. The van der Waals surface area contributed by atoms with Gasteiger partial charge in [-0.3, -0.25) is 0 Å². The summed E-state index contributed by atoms with van der Waals surface area (Å²) in [6.07, 6.45) is 30.7. The zero-order valence-corrected chi connectivity index (χ0v) is 45.2. The molecule has 0 amide bonds. The van der Waals surface area contributed by atoms with E-state index in [0.29, 0.717) is 33.0 Å². The van der Waals surface area contributed by atoms with E-state index in [1.807, 2.05) is 12.1 Å². The van der Waals surface area contributed by atoms with Gasteiger partial charge in [0.25, 0.3) is 0 Å². The summed E-state index contributed by atoms with van der Waals surface area (Å²) in [5, 5.41) is 22.3. The van der Waals surface area contributed by atoms with Crippen LogP contribution < -0.4 is 20.9 Å². The standard InChI is InChI=1S/C68H84N2O4/c1-60-23-46-24-61(2,35-60)37-66(33-46,36-60)67-34-47-25-62(3,38-67)68(63(4,26-47)39-67,48-5-9-50(10-6-48)73-58-21-56(71)54(69)19-52(58)64-27-40-13-41(28-64)15-42(14-40)29-64)49-7-11-51(12-8-49)74-59-22-57(72)55(70)20-53(59)65-30-43-16-44(31-65)18-45(17-43)32-65/h5-12,19-22,40-47,71-72H,13-18,23-39,69-70H2,1-4H3. The van der Waals surface area contributed by atoms with Crippen molar-refractivity contribution in [3.63, 3.8) is 0 Å². The van der Waals surface area contributed by atoms with Crippen molar-refractivity contribution in [2.45, 2.75) is 192 Å². The van der Waals surface area contributed by atoms with Crippen LogP contribution in [0.3, 0.4) is 0 Å². The van der Waals surface area contributed by atoms with Gasteiger partial charge in [-0.25, -0.2) is 0 Å². The zero-order valence-electron chi connectivity index (χ0n) is 45.2. The van der Waals surface area contributed by atoms with Crippen LogP contribution >= 0.6 is 0 Å². The van der Waals surface area contributed by atoms with Crippen LogP contribution in [0.5, 0.6) is 34.5 Å². The first-order chi connectivity index (χ1) is 35.3. The van der Waals surface area contributed by atoms with Gasteiger partial charge in [0.1, 0.15) is 34.5 Å². The highest BCUT2D eigenvalue weighted by molar-refractivity contribution is 5.63. The van der Waals surface area contributed by atoms with Gasteiger partial charge in [-0.15, -0.1) is 0 Å². The average Bonchev–Trinajstić information content (AvgIpc) is 3.34. The summed E-state index contributed by atoms with van der Waals surface area (Å²) in [7, 11) is 0. The molecule has 0 saturated heterocycles. The molecule has 16 fully saturated rings. The molecule has 16 saturated carbocycles. The van der Waals surface area contributed by atoms with E-state index in [1.54, 1.807) is 0 Å².